The molecule has 2 aliphatic rings. The van der Waals surface area contributed by atoms with Crippen LogP contribution < -0.4 is 0 Å². The fourth-order valence-corrected chi connectivity index (χ4v) is 5.22. The smallest absolute Gasteiger partial charge is 0.309 e. The first-order valence-corrected chi connectivity index (χ1v) is 13.7. The summed E-state index contributed by atoms with van der Waals surface area (Å²) in [5.41, 5.74) is 2.20. The molecule has 0 aromatic heterocycles. The molecule has 2 rings (SSSR count). The third-order valence-electron chi connectivity index (χ3n) is 7.59. The molecule has 4 N–H and O–H groups in total. The monoisotopic (exact) mass is 514 g/mol. The standard InChI is InChI=1S/C32H50O5/c1-29(2,21-33)15-9-11-22-17-30(3,4)19-24(26(22)34)13-14-25-20-31(5,6)18-23(27(25)35)12-10-16-32(7,8)28(36)37/h13-14,17-20,26-27,33-35H,9-12,15-16,21H2,1-8H3,(H,36,37)/b14-13+. The van der Waals surface area contributed by atoms with Crippen LogP contribution in [0.25, 0.3) is 0 Å². The molecule has 5 heteroatoms. The van der Waals surface area contributed by atoms with Gasteiger partial charge >= 0.3 is 5.97 Å². The van der Waals surface area contributed by atoms with E-state index >= 15 is 0 Å². The second kappa shape index (κ2) is 11.8. The molecule has 37 heavy (non-hydrogen) atoms. The number of hydrogen-bond acceptors (Lipinski definition) is 4. The van der Waals surface area contributed by atoms with E-state index in [-0.39, 0.29) is 22.9 Å². The summed E-state index contributed by atoms with van der Waals surface area (Å²) >= 11 is 0. The zero-order valence-electron chi connectivity index (χ0n) is 24.3. The average molecular weight is 515 g/mol. The van der Waals surface area contributed by atoms with Gasteiger partial charge in [0.25, 0.3) is 0 Å². The third-order valence-corrected chi connectivity index (χ3v) is 7.59. The van der Waals surface area contributed by atoms with Gasteiger partial charge in [0.2, 0.25) is 0 Å². The summed E-state index contributed by atoms with van der Waals surface area (Å²) in [6.07, 6.45) is 15.2. The Balaban J connectivity index is 2.14. The van der Waals surface area contributed by atoms with Crippen LogP contribution in [0.4, 0.5) is 0 Å². The number of aliphatic hydroxyl groups is 3. The van der Waals surface area contributed by atoms with Crippen LogP contribution in [0, 0.1) is 21.7 Å². The Kier molecular flexibility index (Phi) is 10.0. The predicted molar refractivity (Wildman–Crippen MR) is 151 cm³/mol. The van der Waals surface area contributed by atoms with Gasteiger partial charge in [-0.1, -0.05) is 78.0 Å². The Labute approximate surface area is 224 Å². The molecule has 0 aromatic rings. The Hall–Kier alpha value is -1.95. The van der Waals surface area contributed by atoms with Crippen molar-refractivity contribution >= 4 is 5.97 Å². The average Bonchev–Trinajstić information content (AvgIpc) is 2.76. The van der Waals surface area contributed by atoms with Gasteiger partial charge in [-0.05, 0) is 80.1 Å². The minimum atomic E-state index is -0.803. The summed E-state index contributed by atoms with van der Waals surface area (Å²) in [6, 6.07) is 0. The van der Waals surface area contributed by atoms with E-state index in [9.17, 15) is 25.2 Å². The van der Waals surface area contributed by atoms with Crippen molar-refractivity contribution < 1.29 is 25.2 Å². The van der Waals surface area contributed by atoms with Crippen molar-refractivity contribution in [3.8, 4) is 0 Å². The van der Waals surface area contributed by atoms with Crippen molar-refractivity contribution in [2.24, 2.45) is 21.7 Å². The van der Waals surface area contributed by atoms with E-state index in [4.69, 9.17) is 0 Å². The Bertz CT molecular complexity index is 985. The summed E-state index contributed by atoms with van der Waals surface area (Å²) in [5.74, 6) is -0.803. The molecule has 0 heterocycles. The number of hydrogen-bond donors (Lipinski definition) is 4. The van der Waals surface area contributed by atoms with Gasteiger partial charge in [0.05, 0.1) is 17.6 Å². The summed E-state index contributed by atoms with van der Waals surface area (Å²) in [7, 11) is 0. The first kappa shape index (κ1) is 31.3. The number of carbonyl (C=O) groups is 1. The van der Waals surface area contributed by atoms with Crippen molar-refractivity contribution in [3.05, 3.63) is 58.7 Å². The van der Waals surface area contributed by atoms with Crippen molar-refractivity contribution in [1.82, 2.24) is 0 Å². The van der Waals surface area contributed by atoms with Gasteiger partial charge in [0.1, 0.15) is 0 Å². The molecule has 208 valence electrons. The predicted octanol–water partition coefficient (Wildman–Crippen LogP) is 6.52. The molecule has 0 bridgehead atoms. The lowest BCUT2D eigenvalue weighted by Gasteiger charge is -2.31. The SMILES string of the molecule is CC1(C)C=C(/C=C/C2=CC(C)(C)C=C(CCCC(C)(C)C(=O)O)C2O)C(O)C(CCCC(C)(C)CO)=C1. The Morgan fingerprint density at radius 1 is 0.811 bits per heavy atom. The van der Waals surface area contributed by atoms with Gasteiger partial charge in [0, 0.05) is 17.4 Å². The fourth-order valence-electron chi connectivity index (χ4n) is 5.22. The summed E-state index contributed by atoms with van der Waals surface area (Å²) < 4.78 is 0. The van der Waals surface area contributed by atoms with Crippen molar-refractivity contribution in [2.75, 3.05) is 6.61 Å². The zero-order valence-corrected chi connectivity index (χ0v) is 24.3. The molecular formula is C32H50O5. The number of aliphatic hydroxyl groups excluding tert-OH is 3. The van der Waals surface area contributed by atoms with Crippen LogP contribution in [-0.2, 0) is 4.79 Å². The van der Waals surface area contributed by atoms with Crippen LogP contribution in [0.2, 0.25) is 0 Å². The number of rotatable bonds is 12. The highest BCUT2D eigenvalue weighted by Crippen LogP contribution is 2.38. The summed E-state index contributed by atoms with van der Waals surface area (Å²) in [5, 5.41) is 41.3. The molecule has 2 aliphatic carbocycles. The van der Waals surface area contributed by atoms with Gasteiger partial charge in [0.15, 0.2) is 0 Å². The topological polar surface area (TPSA) is 98.0 Å². The molecule has 0 saturated heterocycles. The van der Waals surface area contributed by atoms with E-state index in [0.717, 1.165) is 41.6 Å². The van der Waals surface area contributed by atoms with E-state index in [0.29, 0.717) is 19.3 Å². The van der Waals surface area contributed by atoms with Gasteiger partial charge < -0.3 is 20.4 Å². The largest absolute Gasteiger partial charge is 0.481 e. The third kappa shape index (κ3) is 9.08. The fraction of sp³-hybridized carbons (Fsp3) is 0.656. The van der Waals surface area contributed by atoms with Crippen molar-refractivity contribution in [3.63, 3.8) is 0 Å². The first-order valence-electron chi connectivity index (χ1n) is 13.7. The molecule has 0 saturated carbocycles. The van der Waals surface area contributed by atoms with Crippen LogP contribution in [0.1, 0.15) is 93.9 Å². The molecule has 0 aliphatic heterocycles. The van der Waals surface area contributed by atoms with E-state index < -0.39 is 23.6 Å². The molecule has 0 spiro atoms. The lowest BCUT2D eigenvalue weighted by Crippen LogP contribution is -2.25. The molecular weight excluding hydrogens is 464 g/mol. The van der Waals surface area contributed by atoms with Gasteiger partial charge in [-0.3, -0.25) is 4.79 Å². The van der Waals surface area contributed by atoms with Crippen LogP contribution >= 0.6 is 0 Å². The van der Waals surface area contributed by atoms with Gasteiger partial charge in [-0.25, -0.2) is 0 Å². The first-order chi connectivity index (χ1) is 16.9. The molecule has 0 amide bonds. The van der Waals surface area contributed by atoms with Crippen molar-refractivity contribution in [2.45, 2.75) is 106 Å². The second-order valence-corrected chi connectivity index (χ2v) is 13.7. The maximum atomic E-state index is 11.4. The zero-order chi connectivity index (χ0) is 28.2. The van der Waals surface area contributed by atoms with E-state index in [2.05, 4.69) is 65.8 Å². The number of carboxylic acid groups (broad SMARTS) is 1. The maximum absolute atomic E-state index is 11.4. The molecule has 5 nitrogen and oxygen atoms in total. The van der Waals surface area contributed by atoms with Gasteiger partial charge in [-0.2, -0.15) is 0 Å². The number of carboxylic acids is 1. The van der Waals surface area contributed by atoms with E-state index in [1.54, 1.807) is 13.8 Å². The minimum Gasteiger partial charge on any atom is -0.481 e. The quantitative estimate of drug-likeness (QED) is 0.222. The lowest BCUT2D eigenvalue weighted by atomic mass is 9.76. The molecule has 2 atom stereocenters. The van der Waals surface area contributed by atoms with E-state index in [1.165, 1.54) is 0 Å². The van der Waals surface area contributed by atoms with Crippen LogP contribution in [-0.4, -0.2) is 45.2 Å². The number of aliphatic carboxylic acids is 1. The lowest BCUT2D eigenvalue weighted by molar-refractivity contribution is -0.147. The molecule has 0 aromatic carbocycles. The molecule has 2 unspecified atom stereocenters. The second-order valence-electron chi connectivity index (χ2n) is 13.7. The summed E-state index contributed by atoms with van der Waals surface area (Å²) in [6.45, 7) is 16.2. The minimum absolute atomic E-state index is 0.126. The maximum Gasteiger partial charge on any atom is 0.309 e. The molecule has 0 radical (unpaired) electrons. The van der Waals surface area contributed by atoms with Crippen LogP contribution in [0.5, 0.6) is 0 Å². The van der Waals surface area contributed by atoms with Crippen LogP contribution in [0.3, 0.4) is 0 Å². The van der Waals surface area contributed by atoms with Gasteiger partial charge in [-0.15, -0.1) is 0 Å². The highest BCUT2D eigenvalue weighted by molar-refractivity contribution is 5.73. The normalized spacial score (nSPS) is 23.9. The van der Waals surface area contributed by atoms with Crippen molar-refractivity contribution in [1.29, 1.82) is 0 Å². The molecule has 0 fully saturated rings. The highest BCUT2D eigenvalue weighted by Gasteiger charge is 2.30. The van der Waals surface area contributed by atoms with Crippen LogP contribution in [0.15, 0.2) is 58.7 Å². The Morgan fingerprint density at radius 2 is 1.22 bits per heavy atom. The Morgan fingerprint density at radius 3 is 1.59 bits per heavy atom. The number of allylic oxidation sites excluding steroid dienone is 4. The highest BCUT2D eigenvalue weighted by atomic mass is 16.4. The van der Waals surface area contributed by atoms with E-state index in [1.807, 2.05) is 12.2 Å². The summed E-state index contributed by atoms with van der Waals surface area (Å²) in [4.78, 5) is 11.4.